The predicted octanol–water partition coefficient (Wildman–Crippen LogP) is 9.55. The SMILES string of the molecule is Clc1ccc(C(Oc2ccc3cc(Br)ccc3c2)c2cnc(NSc3cccc4cccnc34)s2)cc1. The molecule has 0 aliphatic rings. The molecule has 0 spiro atoms. The minimum Gasteiger partial charge on any atom is -0.480 e. The Morgan fingerprint density at radius 3 is 2.57 bits per heavy atom. The molecule has 0 amide bonds. The van der Waals surface area contributed by atoms with Gasteiger partial charge in [-0.25, -0.2) is 4.98 Å². The zero-order valence-electron chi connectivity index (χ0n) is 19.3. The molecule has 0 aliphatic carbocycles. The first kappa shape index (κ1) is 24.2. The summed E-state index contributed by atoms with van der Waals surface area (Å²) in [5.74, 6) is 0.786. The highest BCUT2D eigenvalue weighted by molar-refractivity contribution is 9.10. The molecule has 0 saturated heterocycles. The molecule has 0 saturated carbocycles. The van der Waals surface area contributed by atoms with Crippen LogP contribution in [-0.4, -0.2) is 9.97 Å². The minimum atomic E-state index is -0.331. The molecule has 182 valence electrons. The van der Waals surface area contributed by atoms with Crippen molar-refractivity contribution in [1.29, 1.82) is 0 Å². The predicted molar refractivity (Wildman–Crippen MR) is 159 cm³/mol. The molecule has 0 radical (unpaired) electrons. The molecule has 6 rings (SSSR count). The smallest absolute Gasteiger partial charge is 0.193 e. The maximum Gasteiger partial charge on any atom is 0.193 e. The van der Waals surface area contributed by atoms with E-state index in [0.29, 0.717) is 5.02 Å². The summed E-state index contributed by atoms with van der Waals surface area (Å²) in [7, 11) is 0. The summed E-state index contributed by atoms with van der Waals surface area (Å²) in [5.41, 5.74) is 1.96. The molecule has 8 heteroatoms. The number of halogens is 2. The largest absolute Gasteiger partial charge is 0.480 e. The van der Waals surface area contributed by atoms with Crippen molar-refractivity contribution in [1.82, 2.24) is 9.97 Å². The Kier molecular flexibility index (Phi) is 7.02. The lowest BCUT2D eigenvalue weighted by molar-refractivity contribution is 0.251. The lowest BCUT2D eigenvalue weighted by Gasteiger charge is -2.19. The molecular formula is C29H19BrClN3OS2. The summed E-state index contributed by atoms with van der Waals surface area (Å²) < 4.78 is 11.0. The van der Waals surface area contributed by atoms with Crippen LogP contribution in [0.5, 0.6) is 5.75 Å². The molecule has 0 aliphatic heterocycles. The number of nitrogens with one attached hydrogen (secondary N) is 1. The molecule has 4 nitrogen and oxygen atoms in total. The number of rotatable bonds is 7. The number of nitrogens with zero attached hydrogens (tertiary/aromatic N) is 2. The Bertz CT molecular complexity index is 1700. The average Bonchev–Trinajstić information content (AvgIpc) is 3.40. The molecule has 4 aromatic carbocycles. The third-order valence-electron chi connectivity index (χ3n) is 5.83. The van der Waals surface area contributed by atoms with Crippen molar-refractivity contribution in [2.24, 2.45) is 0 Å². The van der Waals surface area contributed by atoms with Crippen molar-refractivity contribution in [3.8, 4) is 5.75 Å². The van der Waals surface area contributed by atoms with Crippen LogP contribution in [-0.2, 0) is 0 Å². The van der Waals surface area contributed by atoms with Gasteiger partial charge in [-0.05, 0) is 76.8 Å². The van der Waals surface area contributed by atoms with Gasteiger partial charge in [-0.1, -0.05) is 81.3 Å². The van der Waals surface area contributed by atoms with Gasteiger partial charge in [0.2, 0.25) is 0 Å². The summed E-state index contributed by atoms with van der Waals surface area (Å²) in [5, 5.41) is 4.84. The van der Waals surface area contributed by atoms with Gasteiger partial charge in [-0.15, -0.1) is 0 Å². The van der Waals surface area contributed by atoms with Crippen LogP contribution in [0.3, 0.4) is 0 Å². The summed E-state index contributed by atoms with van der Waals surface area (Å²) in [6.45, 7) is 0. The van der Waals surface area contributed by atoms with E-state index in [1.54, 1.807) is 11.3 Å². The van der Waals surface area contributed by atoms with Gasteiger partial charge in [0.1, 0.15) is 5.75 Å². The van der Waals surface area contributed by atoms with E-state index >= 15 is 0 Å². The van der Waals surface area contributed by atoms with Crippen LogP contribution in [0.2, 0.25) is 5.02 Å². The van der Waals surface area contributed by atoms with Gasteiger partial charge in [0, 0.05) is 27.3 Å². The molecule has 6 aromatic rings. The van der Waals surface area contributed by atoms with Crippen molar-refractivity contribution in [3.63, 3.8) is 0 Å². The topological polar surface area (TPSA) is 47.0 Å². The van der Waals surface area contributed by atoms with Crippen molar-refractivity contribution >= 4 is 77.6 Å². The highest BCUT2D eigenvalue weighted by atomic mass is 79.9. The molecule has 1 unspecified atom stereocenters. The molecule has 0 fully saturated rings. The zero-order valence-corrected chi connectivity index (χ0v) is 23.2. The first-order valence-corrected chi connectivity index (χ1v) is 14.3. The first-order chi connectivity index (χ1) is 18.1. The molecule has 1 N–H and O–H groups in total. The van der Waals surface area contributed by atoms with E-state index in [2.05, 4.69) is 73.1 Å². The summed E-state index contributed by atoms with van der Waals surface area (Å²) in [4.78, 5) is 11.2. The maximum absolute atomic E-state index is 6.57. The van der Waals surface area contributed by atoms with E-state index in [4.69, 9.17) is 16.3 Å². The molecule has 2 aromatic heterocycles. The van der Waals surface area contributed by atoms with Crippen molar-refractivity contribution in [3.05, 3.63) is 123 Å². The van der Waals surface area contributed by atoms with E-state index < -0.39 is 0 Å². The minimum absolute atomic E-state index is 0.331. The lowest BCUT2D eigenvalue weighted by atomic mass is 10.1. The third kappa shape index (κ3) is 5.45. The number of anilines is 1. The lowest BCUT2D eigenvalue weighted by Crippen LogP contribution is -2.08. The fourth-order valence-corrected chi connectivity index (χ4v) is 6.23. The number of hydrogen-bond acceptors (Lipinski definition) is 6. The highest BCUT2D eigenvalue weighted by Crippen LogP contribution is 2.37. The van der Waals surface area contributed by atoms with Gasteiger partial charge in [0.15, 0.2) is 11.2 Å². The van der Waals surface area contributed by atoms with Gasteiger partial charge in [0.05, 0.1) is 15.3 Å². The number of hydrogen-bond donors (Lipinski definition) is 1. The third-order valence-corrected chi connectivity index (χ3v) is 8.50. The Hall–Kier alpha value is -3.10. The van der Waals surface area contributed by atoms with E-state index in [1.807, 2.05) is 60.9 Å². The van der Waals surface area contributed by atoms with E-state index in [9.17, 15) is 0 Å². The Morgan fingerprint density at radius 2 is 1.68 bits per heavy atom. The van der Waals surface area contributed by atoms with E-state index in [0.717, 1.165) is 52.4 Å². The number of pyridine rings is 1. The van der Waals surface area contributed by atoms with E-state index in [1.165, 1.54) is 11.9 Å². The highest BCUT2D eigenvalue weighted by Gasteiger charge is 2.20. The zero-order chi connectivity index (χ0) is 25.2. The molecular weight excluding hydrogens is 586 g/mol. The van der Waals surface area contributed by atoms with E-state index in [-0.39, 0.29) is 6.10 Å². The van der Waals surface area contributed by atoms with Crippen molar-refractivity contribution in [2.45, 2.75) is 11.0 Å². The number of para-hydroxylation sites is 1. The van der Waals surface area contributed by atoms with Crippen molar-refractivity contribution in [2.75, 3.05) is 4.72 Å². The van der Waals surface area contributed by atoms with Crippen LogP contribution in [0.25, 0.3) is 21.7 Å². The van der Waals surface area contributed by atoms with Crippen LogP contribution in [0.1, 0.15) is 16.5 Å². The molecule has 1 atom stereocenters. The monoisotopic (exact) mass is 603 g/mol. The van der Waals surface area contributed by atoms with Gasteiger partial charge in [-0.2, -0.15) is 0 Å². The maximum atomic E-state index is 6.57. The molecule has 37 heavy (non-hydrogen) atoms. The second-order valence-electron chi connectivity index (χ2n) is 8.31. The second kappa shape index (κ2) is 10.7. The number of fused-ring (bicyclic) bond motifs is 2. The van der Waals surface area contributed by atoms with Crippen LogP contribution in [0.4, 0.5) is 5.13 Å². The van der Waals surface area contributed by atoms with Gasteiger partial charge >= 0.3 is 0 Å². The van der Waals surface area contributed by atoms with Crippen LogP contribution < -0.4 is 9.46 Å². The molecule has 0 bridgehead atoms. The van der Waals surface area contributed by atoms with Crippen LogP contribution >= 0.6 is 50.8 Å². The second-order valence-corrected chi connectivity index (χ2v) is 11.6. The fraction of sp³-hybridized carbons (Fsp3) is 0.0345. The Balaban J connectivity index is 1.27. The molecule has 2 heterocycles. The number of ether oxygens (including phenoxy) is 1. The Morgan fingerprint density at radius 1 is 0.865 bits per heavy atom. The normalized spacial score (nSPS) is 12.1. The van der Waals surface area contributed by atoms with Crippen molar-refractivity contribution < 1.29 is 4.74 Å². The first-order valence-electron chi connectivity index (χ1n) is 11.5. The fourth-order valence-electron chi connectivity index (χ4n) is 4.04. The standard InChI is InChI=1S/C29H19BrClN3OS2/c30-22-10-6-21-16-24(13-9-20(21)15-22)35-28(19-7-11-23(31)12-8-19)26-17-33-29(36-26)34-37-25-5-1-3-18-4-2-14-32-27(18)25/h1-17,28H,(H,33,34). The number of aromatic nitrogens is 2. The Labute approximate surface area is 236 Å². The average molecular weight is 605 g/mol. The van der Waals surface area contributed by atoms with Gasteiger partial charge in [-0.3, -0.25) is 4.98 Å². The summed E-state index contributed by atoms with van der Waals surface area (Å²) in [6.07, 6.45) is 3.35. The van der Waals surface area contributed by atoms with Crippen LogP contribution in [0.15, 0.2) is 113 Å². The van der Waals surface area contributed by atoms with Gasteiger partial charge in [0.25, 0.3) is 0 Å². The summed E-state index contributed by atoms with van der Waals surface area (Å²) >= 11 is 12.8. The van der Waals surface area contributed by atoms with Crippen LogP contribution in [0, 0.1) is 0 Å². The quantitative estimate of drug-likeness (QED) is 0.184. The number of benzene rings is 4. The summed E-state index contributed by atoms with van der Waals surface area (Å²) in [6, 6.07) is 30.3. The number of thiazole rings is 1. The van der Waals surface area contributed by atoms with Gasteiger partial charge < -0.3 is 9.46 Å².